The van der Waals surface area contributed by atoms with E-state index in [0.29, 0.717) is 17.1 Å². The Morgan fingerprint density at radius 3 is 2.62 bits per heavy atom. The number of nitrogens with one attached hydrogen (secondary N) is 2. The van der Waals surface area contributed by atoms with Crippen LogP contribution in [0, 0.1) is 0 Å². The van der Waals surface area contributed by atoms with Crippen molar-refractivity contribution >= 4 is 22.8 Å². The highest BCUT2D eigenvalue weighted by Crippen LogP contribution is 2.23. The fourth-order valence-corrected chi connectivity index (χ4v) is 2.67. The van der Waals surface area contributed by atoms with Crippen LogP contribution in [0.5, 0.6) is 5.75 Å². The fourth-order valence-electron chi connectivity index (χ4n) is 2.67. The summed E-state index contributed by atoms with van der Waals surface area (Å²) in [7, 11) is 1.49. The number of amides is 2. The first-order valence-corrected chi connectivity index (χ1v) is 8.27. The molecule has 0 bridgehead atoms. The molecule has 2 N–H and O–H groups in total. The van der Waals surface area contributed by atoms with Crippen molar-refractivity contribution in [1.29, 1.82) is 0 Å². The summed E-state index contributed by atoms with van der Waals surface area (Å²) in [6.07, 6.45) is 0. The predicted octanol–water partition coefficient (Wildman–Crippen LogP) is 3.05. The van der Waals surface area contributed by atoms with Crippen molar-refractivity contribution in [2.75, 3.05) is 13.7 Å². The lowest BCUT2D eigenvalue weighted by Crippen LogP contribution is -2.38. The van der Waals surface area contributed by atoms with Crippen LogP contribution in [0.3, 0.4) is 0 Å². The van der Waals surface area contributed by atoms with Gasteiger partial charge in [-0.25, -0.2) is 0 Å². The Labute approximate surface area is 151 Å². The van der Waals surface area contributed by atoms with Crippen molar-refractivity contribution < 1.29 is 18.7 Å². The molecule has 26 heavy (non-hydrogen) atoms. The molecule has 2 amide bonds. The van der Waals surface area contributed by atoms with Crippen LogP contribution in [0.15, 0.2) is 59.0 Å². The maximum Gasteiger partial charge on any atom is 0.255 e. The summed E-state index contributed by atoms with van der Waals surface area (Å²) in [4.78, 5) is 24.3. The molecule has 6 heteroatoms. The molecule has 0 unspecified atom stereocenters. The zero-order chi connectivity index (χ0) is 18.5. The van der Waals surface area contributed by atoms with E-state index < -0.39 is 0 Å². The number of para-hydroxylation sites is 2. The van der Waals surface area contributed by atoms with Gasteiger partial charge in [0.2, 0.25) is 5.91 Å². The van der Waals surface area contributed by atoms with Gasteiger partial charge in [0.05, 0.1) is 25.3 Å². The minimum absolute atomic E-state index is 0.137. The largest absolute Gasteiger partial charge is 0.496 e. The Kier molecular flexibility index (Phi) is 5.22. The van der Waals surface area contributed by atoms with Crippen LogP contribution in [-0.4, -0.2) is 25.5 Å². The Bertz CT molecular complexity index is 899. The lowest BCUT2D eigenvalue weighted by molar-refractivity contribution is -0.120. The second kappa shape index (κ2) is 7.74. The molecule has 3 aromatic rings. The number of carbonyl (C=O) groups is 2. The molecule has 0 aliphatic heterocycles. The summed E-state index contributed by atoms with van der Waals surface area (Å²) in [5, 5.41) is 6.39. The molecule has 6 nitrogen and oxygen atoms in total. The maximum atomic E-state index is 12.2. The normalized spacial score (nSPS) is 11.8. The molecular weight excluding hydrogens is 332 g/mol. The van der Waals surface area contributed by atoms with E-state index >= 15 is 0 Å². The van der Waals surface area contributed by atoms with Crippen molar-refractivity contribution in [2.45, 2.75) is 13.0 Å². The molecule has 0 radical (unpaired) electrons. The molecule has 0 spiro atoms. The number of hydrogen-bond donors (Lipinski definition) is 2. The molecule has 2 aromatic carbocycles. The van der Waals surface area contributed by atoms with Crippen LogP contribution in [0.25, 0.3) is 11.0 Å². The highest BCUT2D eigenvalue weighted by Gasteiger charge is 2.16. The monoisotopic (exact) mass is 352 g/mol. The van der Waals surface area contributed by atoms with Crippen LogP contribution >= 0.6 is 0 Å². The van der Waals surface area contributed by atoms with E-state index in [2.05, 4.69) is 10.6 Å². The molecular formula is C20H20N2O4. The Morgan fingerprint density at radius 1 is 1.12 bits per heavy atom. The molecule has 0 aliphatic carbocycles. The molecule has 3 rings (SSSR count). The van der Waals surface area contributed by atoms with E-state index in [-0.39, 0.29) is 24.4 Å². The predicted molar refractivity (Wildman–Crippen MR) is 98.1 cm³/mol. The van der Waals surface area contributed by atoms with Gasteiger partial charge in [0, 0.05) is 5.39 Å². The van der Waals surface area contributed by atoms with Crippen LogP contribution < -0.4 is 15.4 Å². The number of fused-ring (bicyclic) bond motifs is 1. The topological polar surface area (TPSA) is 80.6 Å². The number of furan rings is 1. The first-order chi connectivity index (χ1) is 12.6. The van der Waals surface area contributed by atoms with E-state index in [1.165, 1.54) is 7.11 Å². The summed E-state index contributed by atoms with van der Waals surface area (Å²) >= 11 is 0. The van der Waals surface area contributed by atoms with Crippen molar-refractivity contribution in [3.8, 4) is 5.75 Å². The van der Waals surface area contributed by atoms with Gasteiger partial charge in [-0.05, 0) is 31.2 Å². The lowest BCUT2D eigenvalue weighted by Gasteiger charge is -2.12. The number of hydrogen-bond acceptors (Lipinski definition) is 4. The summed E-state index contributed by atoms with van der Waals surface area (Å²) in [5.41, 5.74) is 1.15. The fraction of sp³-hybridized carbons (Fsp3) is 0.200. The minimum atomic E-state index is -0.367. The summed E-state index contributed by atoms with van der Waals surface area (Å²) in [5.74, 6) is 0.451. The van der Waals surface area contributed by atoms with Crippen molar-refractivity contribution in [3.63, 3.8) is 0 Å². The summed E-state index contributed by atoms with van der Waals surface area (Å²) in [6, 6.07) is 16.1. The Morgan fingerprint density at radius 2 is 1.85 bits per heavy atom. The number of benzene rings is 2. The zero-order valence-corrected chi connectivity index (χ0v) is 14.6. The van der Waals surface area contributed by atoms with E-state index in [1.54, 1.807) is 24.3 Å². The smallest absolute Gasteiger partial charge is 0.255 e. The van der Waals surface area contributed by atoms with Gasteiger partial charge in [0.15, 0.2) is 0 Å². The third-order valence-corrected chi connectivity index (χ3v) is 4.01. The van der Waals surface area contributed by atoms with Gasteiger partial charge in [-0.2, -0.15) is 0 Å². The standard InChI is InChI=1S/C20H20N2O4/c1-13(18-11-14-7-3-5-9-16(14)26-18)22-19(23)12-21-20(24)15-8-4-6-10-17(15)25-2/h3-11,13H,12H2,1-2H3,(H,21,24)(H,22,23)/t13-/m0/s1. The number of rotatable bonds is 6. The third-order valence-electron chi connectivity index (χ3n) is 4.01. The molecule has 0 aliphatic rings. The average Bonchev–Trinajstić information content (AvgIpc) is 3.10. The number of ether oxygens (including phenoxy) is 1. The van der Waals surface area contributed by atoms with Crippen LogP contribution in [0.4, 0.5) is 0 Å². The van der Waals surface area contributed by atoms with E-state index in [9.17, 15) is 9.59 Å². The number of carbonyl (C=O) groups excluding carboxylic acids is 2. The van der Waals surface area contributed by atoms with Crippen LogP contribution in [0.2, 0.25) is 0 Å². The van der Waals surface area contributed by atoms with Gasteiger partial charge in [-0.15, -0.1) is 0 Å². The average molecular weight is 352 g/mol. The minimum Gasteiger partial charge on any atom is -0.496 e. The van der Waals surface area contributed by atoms with Crippen molar-refractivity contribution in [1.82, 2.24) is 10.6 Å². The molecule has 1 aromatic heterocycles. The van der Waals surface area contributed by atoms with E-state index in [0.717, 1.165) is 11.0 Å². The first-order valence-electron chi connectivity index (χ1n) is 8.27. The van der Waals surface area contributed by atoms with Gasteiger partial charge in [0.25, 0.3) is 5.91 Å². The Hall–Kier alpha value is -3.28. The number of methoxy groups -OCH3 is 1. The van der Waals surface area contributed by atoms with Gasteiger partial charge in [-0.3, -0.25) is 9.59 Å². The Balaban J connectivity index is 1.57. The van der Waals surface area contributed by atoms with Crippen LogP contribution in [0.1, 0.15) is 29.1 Å². The maximum absolute atomic E-state index is 12.2. The quantitative estimate of drug-likeness (QED) is 0.714. The van der Waals surface area contributed by atoms with Gasteiger partial charge in [0.1, 0.15) is 17.1 Å². The second-order valence-electron chi connectivity index (χ2n) is 5.86. The highest BCUT2D eigenvalue weighted by atomic mass is 16.5. The lowest BCUT2D eigenvalue weighted by atomic mass is 10.2. The van der Waals surface area contributed by atoms with Gasteiger partial charge < -0.3 is 19.8 Å². The highest BCUT2D eigenvalue weighted by molar-refractivity contribution is 5.98. The molecule has 1 heterocycles. The van der Waals surface area contributed by atoms with E-state index in [1.807, 2.05) is 37.3 Å². The molecule has 134 valence electrons. The third kappa shape index (κ3) is 3.85. The molecule has 0 saturated heterocycles. The first kappa shape index (κ1) is 17.5. The molecule has 1 atom stereocenters. The van der Waals surface area contributed by atoms with Gasteiger partial charge in [-0.1, -0.05) is 30.3 Å². The summed E-state index contributed by atoms with van der Waals surface area (Å²) in [6.45, 7) is 1.69. The van der Waals surface area contributed by atoms with Crippen LogP contribution in [-0.2, 0) is 4.79 Å². The van der Waals surface area contributed by atoms with Crippen molar-refractivity contribution in [3.05, 3.63) is 65.9 Å². The van der Waals surface area contributed by atoms with Crippen molar-refractivity contribution in [2.24, 2.45) is 0 Å². The SMILES string of the molecule is COc1ccccc1C(=O)NCC(=O)N[C@@H](C)c1cc2ccccc2o1. The summed E-state index contributed by atoms with van der Waals surface area (Å²) < 4.78 is 10.9. The van der Waals surface area contributed by atoms with E-state index in [4.69, 9.17) is 9.15 Å². The van der Waals surface area contributed by atoms with Gasteiger partial charge >= 0.3 is 0 Å². The zero-order valence-electron chi connectivity index (χ0n) is 14.6. The second-order valence-corrected chi connectivity index (χ2v) is 5.86. The molecule has 0 saturated carbocycles. The molecule has 0 fully saturated rings.